The maximum Gasteiger partial charge on any atom is -0.00719 e. The van der Waals surface area contributed by atoms with Gasteiger partial charge in [-0.3, -0.25) is 0 Å². The quantitative estimate of drug-likeness (QED) is 0.802. The highest BCUT2D eigenvalue weighted by Crippen LogP contribution is 2.64. The van der Waals surface area contributed by atoms with Gasteiger partial charge < -0.3 is 5.73 Å². The van der Waals surface area contributed by atoms with Gasteiger partial charge >= 0.3 is 0 Å². The topological polar surface area (TPSA) is 26.0 Å². The van der Waals surface area contributed by atoms with Gasteiger partial charge in [-0.05, 0) is 92.9 Å². The van der Waals surface area contributed by atoms with Crippen LogP contribution in [0.4, 0.5) is 0 Å². The van der Waals surface area contributed by atoms with Gasteiger partial charge in [0.25, 0.3) is 0 Å². The molecule has 0 atom stereocenters. The molecule has 18 heavy (non-hydrogen) atoms. The van der Waals surface area contributed by atoms with E-state index in [4.69, 9.17) is 5.73 Å². The molecule has 5 saturated carbocycles. The van der Waals surface area contributed by atoms with Gasteiger partial charge in [-0.15, -0.1) is 0 Å². The standard InChI is InChI=1S/C17H29N/c18-6-5-17(3-1-2-4-17)16-14-8-12-7-13(10-14)11-15(16)9-12/h12-16H,1-11,18H2. The van der Waals surface area contributed by atoms with Gasteiger partial charge in [0.1, 0.15) is 0 Å². The van der Waals surface area contributed by atoms with Gasteiger partial charge in [0.15, 0.2) is 0 Å². The lowest BCUT2D eigenvalue weighted by Crippen LogP contribution is -2.51. The summed E-state index contributed by atoms with van der Waals surface area (Å²) in [5, 5.41) is 0. The monoisotopic (exact) mass is 247 g/mol. The van der Waals surface area contributed by atoms with E-state index in [0.717, 1.165) is 36.1 Å². The molecule has 0 aliphatic heterocycles. The Kier molecular flexibility index (Phi) is 2.76. The van der Waals surface area contributed by atoms with E-state index in [-0.39, 0.29) is 0 Å². The minimum atomic E-state index is 0.692. The number of hydrogen-bond acceptors (Lipinski definition) is 1. The van der Waals surface area contributed by atoms with E-state index in [1.807, 2.05) is 0 Å². The van der Waals surface area contributed by atoms with E-state index in [0.29, 0.717) is 5.41 Å². The molecule has 4 bridgehead atoms. The van der Waals surface area contributed by atoms with Gasteiger partial charge in [0.2, 0.25) is 0 Å². The molecule has 5 aliphatic carbocycles. The highest BCUT2D eigenvalue weighted by Gasteiger charge is 2.55. The smallest absolute Gasteiger partial charge is 0.00719 e. The summed E-state index contributed by atoms with van der Waals surface area (Å²) >= 11 is 0. The summed E-state index contributed by atoms with van der Waals surface area (Å²) in [7, 11) is 0. The molecule has 0 aromatic rings. The molecule has 0 radical (unpaired) electrons. The van der Waals surface area contributed by atoms with Crippen LogP contribution in [0.5, 0.6) is 0 Å². The average molecular weight is 247 g/mol. The SMILES string of the molecule is NCCC1(C2C3CC4CC(C3)CC2C4)CCCC1. The molecule has 0 amide bonds. The highest BCUT2D eigenvalue weighted by molar-refractivity contribution is 5.05. The molecule has 1 heteroatoms. The Bertz CT molecular complexity index is 288. The summed E-state index contributed by atoms with van der Waals surface area (Å²) in [6.45, 7) is 0.933. The Balaban J connectivity index is 1.63. The van der Waals surface area contributed by atoms with E-state index >= 15 is 0 Å². The third-order valence-electron chi connectivity index (χ3n) is 7.18. The lowest BCUT2D eigenvalue weighted by atomic mass is 9.46. The van der Waals surface area contributed by atoms with Crippen molar-refractivity contribution in [2.24, 2.45) is 40.7 Å². The molecule has 5 fully saturated rings. The zero-order valence-electron chi connectivity index (χ0n) is 11.7. The minimum Gasteiger partial charge on any atom is -0.330 e. The molecule has 0 aromatic carbocycles. The average Bonchev–Trinajstić information content (AvgIpc) is 2.77. The number of hydrogen-bond donors (Lipinski definition) is 1. The van der Waals surface area contributed by atoms with Crippen LogP contribution in [-0.2, 0) is 0 Å². The summed E-state index contributed by atoms with van der Waals surface area (Å²) in [6.07, 6.45) is 15.3. The summed E-state index contributed by atoms with van der Waals surface area (Å²) in [6, 6.07) is 0. The molecular weight excluding hydrogens is 218 g/mol. The lowest BCUT2D eigenvalue weighted by molar-refractivity contribution is -0.0976. The van der Waals surface area contributed by atoms with Crippen molar-refractivity contribution in [3.8, 4) is 0 Å². The van der Waals surface area contributed by atoms with E-state index in [2.05, 4.69) is 0 Å². The minimum absolute atomic E-state index is 0.692. The molecule has 0 heterocycles. The second-order valence-electron chi connectivity index (χ2n) is 8.06. The van der Waals surface area contributed by atoms with Crippen molar-refractivity contribution >= 4 is 0 Å². The molecule has 5 rings (SSSR count). The molecule has 0 spiro atoms. The molecule has 0 saturated heterocycles. The first-order chi connectivity index (χ1) is 8.81. The third kappa shape index (κ3) is 1.62. The highest BCUT2D eigenvalue weighted by atomic mass is 14.6. The first-order valence-electron chi connectivity index (χ1n) is 8.51. The second kappa shape index (κ2) is 4.23. The lowest BCUT2D eigenvalue weighted by Gasteiger charge is -2.59. The van der Waals surface area contributed by atoms with Crippen LogP contribution in [0.25, 0.3) is 0 Å². The predicted octanol–water partition coefficient (Wildman–Crippen LogP) is 3.97. The van der Waals surface area contributed by atoms with Crippen molar-refractivity contribution < 1.29 is 0 Å². The zero-order chi connectivity index (χ0) is 12.2. The van der Waals surface area contributed by atoms with E-state index < -0.39 is 0 Å². The van der Waals surface area contributed by atoms with Crippen molar-refractivity contribution in [2.45, 2.75) is 64.2 Å². The molecule has 102 valence electrons. The molecule has 0 unspecified atom stereocenters. The van der Waals surface area contributed by atoms with Gasteiger partial charge in [0.05, 0.1) is 0 Å². The van der Waals surface area contributed by atoms with E-state index in [1.54, 1.807) is 32.1 Å². The number of nitrogens with two attached hydrogens (primary N) is 1. The molecular formula is C17H29N. The Labute approximate surface area is 112 Å². The maximum absolute atomic E-state index is 5.99. The fourth-order valence-electron chi connectivity index (χ4n) is 7.04. The van der Waals surface area contributed by atoms with Crippen LogP contribution >= 0.6 is 0 Å². The Morgan fingerprint density at radius 3 is 1.89 bits per heavy atom. The molecule has 5 aliphatic rings. The zero-order valence-corrected chi connectivity index (χ0v) is 11.7. The summed E-state index contributed by atoms with van der Waals surface area (Å²) in [5.74, 6) is 5.54. The largest absolute Gasteiger partial charge is 0.330 e. The van der Waals surface area contributed by atoms with Gasteiger partial charge in [-0.25, -0.2) is 0 Å². The van der Waals surface area contributed by atoms with Crippen molar-refractivity contribution in [3.05, 3.63) is 0 Å². The van der Waals surface area contributed by atoms with Crippen molar-refractivity contribution in [2.75, 3.05) is 6.54 Å². The van der Waals surface area contributed by atoms with Crippen molar-refractivity contribution in [3.63, 3.8) is 0 Å². The molecule has 0 aromatic heterocycles. The summed E-state index contributed by atoms with van der Waals surface area (Å²) in [4.78, 5) is 0. The summed E-state index contributed by atoms with van der Waals surface area (Å²) < 4.78 is 0. The van der Waals surface area contributed by atoms with Crippen LogP contribution in [-0.4, -0.2) is 6.54 Å². The van der Waals surface area contributed by atoms with Crippen LogP contribution in [0.3, 0.4) is 0 Å². The molecule has 1 nitrogen and oxygen atoms in total. The van der Waals surface area contributed by atoms with Crippen LogP contribution in [0.2, 0.25) is 0 Å². The van der Waals surface area contributed by atoms with Crippen LogP contribution < -0.4 is 5.73 Å². The first kappa shape index (κ1) is 11.8. The van der Waals surface area contributed by atoms with Crippen molar-refractivity contribution in [1.29, 1.82) is 0 Å². The van der Waals surface area contributed by atoms with Gasteiger partial charge in [0, 0.05) is 0 Å². The van der Waals surface area contributed by atoms with Gasteiger partial charge in [-0.2, -0.15) is 0 Å². The predicted molar refractivity (Wildman–Crippen MR) is 75.1 cm³/mol. The normalized spacial score (nSPS) is 48.8. The fourth-order valence-corrected chi connectivity index (χ4v) is 7.04. The van der Waals surface area contributed by atoms with Crippen LogP contribution in [0, 0.1) is 35.0 Å². The fraction of sp³-hybridized carbons (Fsp3) is 1.00. The maximum atomic E-state index is 5.99. The van der Waals surface area contributed by atoms with Crippen LogP contribution in [0.15, 0.2) is 0 Å². The van der Waals surface area contributed by atoms with Crippen LogP contribution in [0.1, 0.15) is 64.2 Å². The Hall–Kier alpha value is -0.0400. The number of rotatable bonds is 3. The van der Waals surface area contributed by atoms with E-state index in [1.165, 1.54) is 32.1 Å². The summed E-state index contributed by atoms with van der Waals surface area (Å²) in [5.41, 5.74) is 6.68. The first-order valence-corrected chi connectivity index (χ1v) is 8.51. The second-order valence-corrected chi connectivity index (χ2v) is 8.06. The van der Waals surface area contributed by atoms with Gasteiger partial charge in [-0.1, -0.05) is 12.8 Å². The Morgan fingerprint density at radius 1 is 0.833 bits per heavy atom. The van der Waals surface area contributed by atoms with Crippen molar-refractivity contribution in [1.82, 2.24) is 0 Å². The third-order valence-corrected chi connectivity index (χ3v) is 7.18. The van der Waals surface area contributed by atoms with E-state index in [9.17, 15) is 0 Å². The molecule has 2 N–H and O–H groups in total. The Morgan fingerprint density at radius 2 is 1.39 bits per heavy atom.